The van der Waals surface area contributed by atoms with Gasteiger partial charge in [0.1, 0.15) is 5.75 Å². The van der Waals surface area contributed by atoms with Crippen molar-refractivity contribution in [3.8, 4) is 5.75 Å². The largest absolute Gasteiger partial charge is 0.497 e. The maximum Gasteiger partial charge on any atom is 0.335 e. The van der Waals surface area contributed by atoms with Crippen molar-refractivity contribution in [3.63, 3.8) is 0 Å². The molecule has 1 fully saturated rings. The number of hydrogen-bond acceptors (Lipinski definition) is 4. The zero-order valence-electron chi connectivity index (χ0n) is 8.75. The molecular weight excluding hydrogens is 212 g/mol. The Morgan fingerprint density at radius 2 is 2.38 bits per heavy atom. The third kappa shape index (κ3) is 2.15. The molecule has 2 atom stereocenters. The van der Waals surface area contributed by atoms with Gasteiger partial charge in [-0.05, 0) is 12.1 Å². The van der Waals surface area contributed by atoms with E-state index in [1.807, 2.05) is 0 Å². The number of rotatable bonds is 3. The van der Waals surface area contributed by atoms with Crippen LogP contribution in [0.4, 0.5) is 0 Å². The molecule has 0 spiro atoms. The zero-order valence-corrected chi connectivity index (χ0v) is 8.75. The minimum absolute atomic E-state index is 0.0667. The number of carboxylic acid groups (broad SMARTS) is 1. The predicted molar refractivity (Wildman–Crippen MR) is 54.2 cm³/mol. The Morgan fingerprint density at radius 1 is 1.56 bits per heavy atom. The molecule has 0 amide bonds. The number of carboxylic acids is 1. The fourth-order valence-corrected chi connectivity index (χ4v) is 1.49. The van der Waals surface area contributed by atoms with Crippen LogP contribution >= 0.6 is 0 Å². The van der Waals surface area contributed by atoms with Crippen LogP contribution in [-0.4, -0.2) is 30.9 Å². The van der Waals surface area contributed by atoms with Crippen LogP contribution in [0, 0.1) is 0 Å². The van der Waals surface area contributed by atoms with E-state index in [2.05, 4.69) is 0 Å². The van der Waals surface area contributed by atoms with Gasteiger partial charge in [-0.25, -0.2) is 4.79 Å². The van der Waals surface area contributed by atoms with E-state index < -0.39 is 18.4 Å². The van der Waals surface area contributed by atoms with Crippen LogP contribution in [-0.2, 0) is 14.3 Å². The van der Waals surface area contributed by atoms with Crippen LogP contribution in [0.15, 0.2) is 24.3 Å². The molecule has 2 unspecified atom stereocenters. The van der Waals surface area contributed by atoms with Crippen LogP contribution < -0.4 is 4.74 Å². The van der Waals surface area contributed by atoms with Gasteiger partial charge in [-0.2, -0.15) is 0 Å². The summed E-state index contributed by atoms with van der Waals surface area (Å²) in [4.78, 5) is 10.7. The van der Waals surface area contributed by atoms with Crippen LogP contribution in [0.1, 0.15) is 11.9 Å². The molecule has 5 heteroatoms. The molecule has 16 heavy (non-hydrogen) atoms. The van der Waals surface area contributed by atoms with Gasteiger partial charge in [0.05, 0.1) is 13.7 Å². The first-order valence-electron chi connectivity index (χ1n) is 4.84. The Balaban J connectivity index is 2.11. The van der Waals surface area contributed by atoms with Gasteiger partial charge in [0.15, 0.2) is 12.4 Å². The molecule has 0 radical (unpaired) electrons. The maximum absolute atomic E-state index is 10.7. The lowest BCUT2D eigenvalue weighted by Crippen LogP contribution is -2.21. The highest BCUT2D eigenvalue weighted by Crippen LogP contribution is 2.28. The fourth-order valence-electron chi connectivity index (χ4n) is 1.49. The van der Waals surface area contributed by atoms with Gasteiger partial charge in [0, 0.05) is 5.56 Å². The van der Waals surface area contributed by atoms with Crippen molar-refractivity contribution in [1.29, 1.82) is 0 Å². The highest BCUT2D eigenvalue weighted by atomic mass is 16.7. The molecule has 1 aromatic carbocycles. The van der Waals surface area contributed by atoms with Crippen molar-refractivity contribution >= 4 is 5.97 Å². The van der Waals surface area contributed by atoms with Gasteiger partial charge in [0.2, 0.25) is 0 Å². The van der Waals surface area contributed by atoms with Gasteiger partial charge >= 0.3 is 5.97 Å². The third-order valence-electron chi connectivity index (χ3n) is 2.33. The molecule has 0 aliphatic carbocycles. The highest BCUT2D eigenvalue weighted by molar-refractivity contribution is 5.72. The minimum atomic E-state index is -1.01. The van der Waals surface area contributed by atoms with Crippen molar-refractivity contribution in [2.24, 2.45) is 0 Å². The summed E-state index contributed by atoms with van der Waals surface area (Å²) in [5.74, 6) is -0.325. The Labute approximate surface area is 92.5 Å². The first-order chi connectivity index (χ1) is 7.70. The van der Waals surface area contributed by atoms with Crippen LogP contribution in [0.2, 0.25) is 0 Å². The molecule has 1 N–H and O–H groups in total. The molecule has 1 saturated heterocycles. The highest BCUT2D eigenvalue weighted by Gasteiger charge is 2.32. The molecule has 1 aromatic rings. The molecular formula is C11H12O5. The third-order valence-corrected chi connectivity index (χ3v) is 2.33. The number of methoxy groups -OCH3 is 1. The lowest BCUT2D eigenvalue weighted by atomic mass is 10.2. The molecule has 86 valence electrons. The number of benzene rings is 1. The summed E-state index contributed by atoms with van der Waals surface area (Å²) in [5.41, 5.74) is 0.753. The standard InChI is InChI=1S/C11H12O5/c1-14-8-4-2-3-7(5-8)11-15-6-9(16-11)10(12)13/h2-5,9,11H,6H2,1H3,(H,12,13). The second kappa shape index (κ2) is 4.51. The molecule has 1 aliphatic heterocycles. The van der Waals surface area contributed by atoms with Crippen molar-refractivity contribution < 1.29 is 24.1 Å². The van der Waals surface area contributed by atoms with Crippen molar-refractivity contribution in [2.75, 3.05) is 13.7 Å². The summed E-state index contributed by atoms with van der Waals surface area (Å²) in [6.45, 7) is 0.0667. The van der Waals surface area contributed by atoms with Gasteiger partial charge in [-0.3, -0.25) is 0 Å². The zero-order chi connectivity index (χ0) is 11.5. The van der Waals surface area contributed by atoms with Gasteiger partial charge in [-0.1, -0.05) is 12.1 Å². The number of hydrogen-bond donors (Lipinski definition) is 1. The number of aliphatic carboxylic acids is 1. The molecule has 0 bridgehead atoms. The van der Waals surface area contributed by atoms with E-state index in [1.54, 1.807) is 31.4 Å². The van der Waals surface area contributed by atoms with Crippen molar-refractivity contribution in [3.05, 3.63) is 29.8 Å². The van der Waals surface area contributed by atoms with Gasteiger partial charge < -0.3 is 19.3 Å². The van der Waals surface area contributed by atoms with Crippen LogP contribution in [0.3, 0.4) is 0 Å². The molecule has 5 nitrogen and oxygen atoms in total. The topological polar surface area (TPSA) is 65.0 Å². The molecule has 0 saturated carbocycles. The molecule has 1 aliphatic rings. The summed E-state index contributed by atoms with van der Waals surface area (Å²) in [5, 5.41) is 8.75. The predicted octanol–water partition coefficient (Wildman–Crippen LogP) is 1.19. The Hall–Kier alpha value is -1.59. The van der Waals surface area contributed by atoms with Crippen molar-refractivity contribution in [1.82, 2.24) is 0 Å². The molecule has 1 heterocycles. The van der Waals surface area contributed by atoms with E-state index in [9.17, 15) is 4.79 Å². The van der Waals surface area contributed by atoms with E-state index in [1.165, 1.54) is 0 Å². The van der Waals surface area contributed by atoms with E-state index in [0.29, 0.717) is 5.75 Å². The fraction of sp³-hybridized carbons (Fsp3) is 0.364. The smallest absolute Gasteiger partial charge is 0.335 e. The minimum Gasteiger partial charge on any atom is -0.497 e. The molecule has 0 aromatic heterocycles. The van der Waals surface area contributed by atoms with Crippen LogP contribution in [0.25, 0.3) is 0 Å². The summed E-state index contributed by atoms with van der Waals surface area (Å²) < 4.78 is 15.5. The van der Waals surface area contributed by atoms with E-state index >= 15 is 0 Å². The maximum atomic E-state index is 10.7. The molecule has 2 rings (SSSR count). The SMILES string of the molecule is COc1cccc(C2OCC(C(=O)O)O2)c1. The van der Waals surface area contributed by atoms with Gasteiger partial charge in [-0.15, -0.1) is 0 Å². The monoisotopic (exact) mass is 224 g/mol. The number of ether oxygens (including phenoxy) is 3. The first-order valence-corrected chi connectivity index (χ1v) is 4.84. The average Bonchev–Trinajstić information content (AvgIpc) is 2.78. The Morgan fingerprint density at radius 3 is 3.00 bits per heavy atom. The summed E-state index contributed by atoms with van der Waals surface area (Å²) >= 11 is 0. The van der Waals surface area contributed by atoms with Crippen molar-refractivity contribution in [2.45, 2.75) is 12.4 Å². The second-order valence-corrected chi connectivity index (χ2v) is 3.40. The lowest BCUT2D eigenvalue weighted by molar-refractivity contribution is -0.150. The second-order valence-electron chi connectivity index (χ2n) is 3.40. The normalized spacial score (nSPS) is 24.3. The first kappa shape index (κ1) is 10.9. The quantitative estimate of drug-likeness (QED) is 0.835. The van der Waals surface area contributed by atoms with E-state index in [4.69, 9.17) is 19.3 Å². The number of carbonyl (C=O) groups is 1. The van der Waals surface area contributed by atoms with E-state index in [-0.39, 0.29) is 6.61 Å². The summed E-state index contributed by atoms with van der Waals surface area (Å²) in [7, 11) is 1.57. The summed E-state index contributed by atoms with van der Waals surface area (Å²) in [6.07, 6.45) is -1.52. The van der Waals surface area contributed by atoms with Crippen LogP contribution in [0.5, 0.6) is 5.75 Å². The average molecular weight is 224 g/mol. The van der Waals surface area contributed by atoms with E-state index in [0.717, 1.165) is 5.56 Å². The summed E-state index contributed by atoms with van der Waals surface area (Å²) in [6, 6.07) is 7.16. The van der Waals surface area contributed by atoms with Gasteiger partial charge in [0.25, 0.3) is 0 Å². The Bertz CT molecular complexity index is 390. The Kier molecular flexibility index (Phi) is 3.07. The lowest BCUT2D eigenvalue weighted by Gasteiger charge is -2.10.